The van der Waals surface area contributed by atoms with Crippen molar-refractivity contribution in [3.05, 3.63) is 29.8 Å². The van der Waals surface area contributed by atoms with Gasteiger partial charge in [-0.1, -0.05) is 0 Å². The van der Waals surface area contributed by atoms with E-state index < -0.39 is 12.0 Å². The minimum absolute atomic E-state index is 0.131. The lowest BCUT2D eigenvalue weighted by Gasteiger charge is -2.15. The fourth-order valence-electron chi connectivity index (χ4n) is 1.26. The largest absolute Gasteiger partial charge is 0.478 e. The van der Waals surface area contributed by atoms with Crippen molar-refractivity contribution >= 4 is 23.5 Å². The highest BCUT2D eigenvalue weighted by Gasteiger charge is 2.12. The van der Waals surface area contributed by atoms with Crippen molar-refractivity contribution in [2.24, 2.45) is 4.99 Å². The second-order valence-corrected chi connectivity index (χ2v) is 3.26. The van der Waals surface area contributed by atoms with Crippen molar-refractivity contribution in [3.63, 3.8) is 0 Å². The van der Waals surface area contributed by atoms with E-state index in [-0.39, 0.29) is 12.2 Å². The molecule has 0 unspecified atom stereocenters. The molecule has 3 N–H and O–H groups in total. The predicted octanol–water partition coefficient (Wildman–Crippen LogP) is 0.659. The summed E-state index contributed by atoms with van der Waals surface area (Å²) in [5, 5.41) is 11.2. The molecule has 1 aliphatic heterocycles. The van der Waals surface area contributed by atoms with Gasteiger partial charge >= 0.3 is 12.0 Å². The third-order valence-corrected chi connectivity index (χ3v) is 2.01. The molecule has 7 heteroatoms. The van der Waals surface area contributed by atoms with Crippen molar-refractivity contribution < 1.29 is 19.5 Å². The number of aromatic carboxylic acids is 1. The first-order valence-electron chi connectivity index (χ1n) is 4.75. The molecule has 0 aromatic heterocycles. The number of amidine groups is 1. The van der Waals surface area contributed by atoms with E-state index in [1.165, 1.54) is 12.1 Å². The van der Waals surface area contributed by atoms with Gasteiger partial charge in [0.15, 0.2) is 0 Å². The first-order valence-corrected chi connectivity index (χ1v) is 4.75. The van der Waals surface area contributed by atoms with Gasteiger partial charge in [0.1, 0.15) is 12.4 Å². The van der Waals surface area contributed by atoms with Gasteiger partial charge in [0.2, 0.25) is 0 Å². The number of benzene rings is 1. The van der Waals surface area contributed by atoms with Crippen molar-refractivity contribution in [3.8, 4) is 0 Å². The maximum atomic E-state index is 10.9. The van der Waals surface area contributed by atoms with Gasteiger partial charge in [0.05, 0.1) is 11.3 Å². The maximum absolute atomic E-state index is 10.9. The number of hydroxylamine groups is 1. The zero-order chi connectivity index (χ0) is 12.3. The molecular formula is C10H9N3O4. The standard InChI is InChI=1S/C10H9N3O4/c14-9(15)6-1-3-7(4-2-6)11-8-5-17-13-10(16)12-8/h1-4H,5H2,(H,14,15)(H2,11,12,13,16). The number of aliphatic imine (C=N–C) groups is 1. The van der Waals surface area contributed by atoms with Crippen LogP contribution in [0, 0.1) is 0 Å². The average Bonchev–Trinajstić information content (AvgIpc) is 2.29. The van der Waals surface area contributed by atoms with Crippen LogP contribution in [-0.2, 0) is 4.84 Å². The summed E-state index contributed by atoms with van der Waals surface area (Å²) >= 11 is 0. The highest BCUT2D eigenvalue weighted by Crippen LogP contribution is 2.13. The fraction of sp³-hybridized carbons (Fsp3) is 0.100. The number of carboxylic acids is 1. The van der Waals surface area contributed by atoms with E-state index in [4.69, 9.17) is 9.94 Å². The van der Waals surface area contributed by atoms with E-state index in [2.05, 4.69) is 15.8 Å². The Morgan fingerprint density at radius 2 is 2.06 bits per heavy atom. The molecule has 0 radical (unpaired) electrons. The van der Waals surface area contributed by atoms with Crippen molar-refractivity contribution in [1.82, 2.24) is 10.8 Å². The summed E-state index contributed by atoms with van der Waals surface area (Å²) in [6.07, 6.45) is 0. The van der Waals surface area contributed by atoms with Crippen LogP contribution in [0.4, 0.5) is 10.5 Å². The zero-order valence-corrected chi connectivity index (χ0v) is 8.64. The van der Waals surface area contributed by atoms with Gasteiger partial charge in [0.25, 0.3) is 0 Å². The lowest BCUT2D eigenvalue weighted by molar-refractivity contribution is 0.0697. The van der Waals surface area contributed by atoms with Gasteiger partial charge in [-0.2, -0.15) is 0 Å². The Morgan fingerprint density at radius 1 is 1.35 bits per heavy atom. The lowest BCUT2D eigenvalue weighted by Crippen LogP contribution is -2.47. The van der Waals surface area contributed by atoms with E-state index >= 15 is 0 Å². The average molecular weight is 235 g/mol. The molecule has 1 fully saturated rings. The van der Waals surface area contributed by atoms with Gasteiger partial charge in [-0.3, -0.25) is 10.2 Å². The molecule has 17 heavy (non-hydrogen) atoms. The molecule has 2 amide bonds. The van der Waals surface area contributed by atoms with Crippen molar-refractivity contribution in [2.75, 3.05) is 6.61 Å². The number of nitrogens with zero attached hydrogens (tertiary/aromatic N) is 1. The summed E-state index contributed by atoms with van der Waals surface area (Å²) in [5.74, 6) is -0.639. The molecule has 1 heterocycles. The molecule has 1 saturated heterocycles. The normalized spacial score (nSPS) is 17.4. The van der Waals surface area contributed by atoms with Crippen LogP contribution in [-0.4, -0.2) is 29.5 Å². The van der Waals surface area contributed by atoms with Gasteiger partial charge < -0.3 is 5.11 Å². The topological polar surface area (TPSA) is 100 Å². The highest BCUT2D eigenvalue weighted by atomic mass is 16.7. The van der Waals surface area contributed by atoms with Crippen molar-refractivity contribution in [2.45, 2.75) is 0 Å². The number of hydrogen-bond acceptors (Lipinski definition) is 4. The lowest BCUT2D eigenvalue weighted by atomic mass is 10.2. The third kappa shape index (κ3) is 2.79. The van der Waals surface area contributed by atoms with Crippen LogP contribution in [0.25, 0.3) is 0 Å². The van der Waals surface area contributed by atoms with E-state index in [1.807, 2.05) is 0 Å². The molecule has 0 bridgehead atoms. The predicted molar refractivity (Wildman–Crippen MR) is 58.1 cm³/mol. The van der Waals surface area contributed by atoms with Crippen LogP contribution >= 0.6 is 0 Å². The number of urea groups is 1. The SMILES string of the molecule is O=C1NOCC(=Nc2ccc(C(=O)O)cc2)N1. The van der Waals surface area contributed by atoms with Crippen molar-refractivity contribution in [1.29, 1.82) is 0 Å². The fourth-order valence-corrected chi connectivity index (χ4v) is 1.26. The summed E-state index contributed by atoms with van der Waals surface area (Å²) in [4.78, 5) is 30.4. The summed E-state index contributed by atoms with van der Waals surface area (Å²) in [7, 11) is 0. The zero-order valence-electron chi connectivity index (χ0n) is 8.64. The second-order valence-electron chi connectivity index (χ2n) is 3.26. The van der Waals surface area contributed by atoms with Gasteiger partial charge in [-0.05, 0) is 24.3 Å². The number of carbonyl (C=O) groups is 2. The molecule has 1 aromatic rings. The molecule has 0 aliphatic carbocycles. The van der Waals surface area contributed by atoms with E-state index in [0.717, 1.165) is 0 Å². The van der Waals surface area contributed by atoms with Gasteiger partial charge in [0, 0.05) is 0 Å². The molecule has 88 valence electrons. The Balaban J connectivity index is 2.15. The molecule has 1 aliphatic rings. The highest BCUT2D eigenvalue weighted by molar-refractivity contribution is 6.00. The Bertz CT molecular complexity index is 481. The minimum atomic E-state index is -0.997. The number of carboxylic acid groups (broad SMARTS) is 1. The Morgan fingerprint density at radius 3 is 2.65 bits per heavy atom. The first-order chi connectivity index (χ1) is 8.15. The molecule has 0 atom stereocenters. The first kappa shape index (κ1) is 11.1. The van der Waals surface area contributed by atoms with Gasteiger partial charge in [-0.15, -0.1) is 0 Å². The monoisotopic (exact) mass is 235 g/mol. The van der Waals surface area contributed by atoms with E-state index in [0.29, 0.717) is 11.5 Å². The summed E-state index contributed by atoms with van der Waals surface area (Å²) in [6.45, 7) is 0.131. The van der Waals surface area contributed by atoms with Crippen LogP contribution in [0.15, 0.2) is 29.3 Å². The maximum Gasteiger partial charge on any atom is 0.344 e. The summed E-state index contributed by atoms with van der Waals surface area (Å²) in [6, 6.07) is 5.48. The summed E-state index contributed by atoms with van der Waals surface area (Å²) < 4.78 is 0. The minimum Gasteiger partial charge on any atom is -0.478 e. The summed E-state index contributed by atoms with van der Waals surface area (Å²) in [5.41, 5.74) is 2.83. The number of rotatable bonds is 2. The van der Waals surface area contributed by atoms with Crippen LogP contribution in [0.1, 0.15) is 10.4 Å². The second kappa shape index (κ2) is 4.62. The molecule has 0 saturated carbocycles. The molecule has 2 rings (SSSR count). The molecule has 1 aromatic carbocycles. The Kier molecular flexibility index (Phi) is 3.01. The Hall–Kier alpha value is -2.41. The quantitative estimate of drug-likeness (QED) is 0.700. The van der Waals surface area contributed by atoms with Crippen LogP contribution < -0.4 is 10.8 Å². The van der Waals surface area contributed by atoms with Crippen LogP contribution in [0.5, 0.6) is 0 Å². The number of carbonyl (C=O) groups excluding carboxylic acids is 1. The third-order valence-electron chi connectivity index (χ3n) is 2.01. The van der Waals surface area contributed by atoms with E-state index in [9.17, 15) is 9.59 Å². The van der Waals surface area contributed by atoms with Crippen LogP contribution in [0.2, 0.25) is 0 Å². The number of amides is 2. The smallest absolute Gasteiger partial charge is 0.344 e. The van der Waals surface area contributed by atoms with Gasteiger partial charge in [-0.25, -0.2) is 20.1 Å². The molecule has 7 nitrogen and oxygen atoms in total. The van der Waals surface area contributed by atoms with Crippen LogP contribution in [0.3, 0.4) is 0 Å². The number of nitrogens with one attached hydrogen (secondary N) is 2. The number of hydrogen-bond donors (Lipinski definition) is 3. The molecule has 0 spiro atoms. The Labute approximate surface area is 96.1 Å². The molecular weight excluding hydrogens is 226 g/mol. The van der Waals surface area contributed by atoms with E-state index in [1.54, 1.807) is 12.1 Å².